The predicted octanol–water partition coefficient (Wildman–Crippen LogP) is 3.87. The van der Waals surface area contributed by atoms with Crippen LogP contribution in [0.5, 0.6) is 0 Å². The van der Waals surface area contributed by atoms with E-state index in [4.69, 9.17) is 9.47 Å². The number of nitrogens with zero attached hydrogens (tertiary/aromatic N) is 11. The molecule has 2 aromatic heterocycles. The molecule has 11 N–H and O–H groups in total. The summed E-state index contributed by atoms with van der Waals surface area (Å²) < 4.78 is 14.4. The number of likely N-dealkylation sites (tertiary alicyclic amines) is 2. The number of carbonyl (C=O) groups excluding carboxylic acids is 10. The molecule has 0 radical (unpaired) electrons. The molecule has 2 aliphatic rings. The standard InChI is InChI=1S/C65H118N22O12/c1-62(2,3)98-59(95)71-51-27-44-85(45-28-51)61(97)87(77-54(90)26-17-13-22-38-79(7)8)86(58(94)70-34-21-15-19-32-65(81(11)12,74-55(91)48-84-47-37-67-50-84)75-56(92)68-35-25-39-80(9)10)78-57(93)69-33-20-14-18-31-64(76-60(96)99-63(4,5)6,73-53(89)30-43-83-46-36-66-49-83)72-52(88)29-42-82-40-23-16-24-41-82/h36-37,46-47,49-51H,13-35,38-45,48H2,1-12H3,(H,70,94)(H,71,95)(H,72,88)(H,73,89)(H,74,91)(H,76,96)(H,77,90)(H2,68,75,92)(H2,69,78,93)/t64?,65-/m0/s1. The van der Waals surface area contributed by atoms with Gasteiger partial charge in [0, 0.05) is 109 Å². The molecule has 0 bridgehead atoms. The number of carbonyl (C=O) groups is 10. The third kappa shape index (κ3) is 34.4. The number of hydrazine groups is 3. The van der Waals surface area contributed by atoms with Gasteiger partial charge in [-0.2, -0.15) is 0 Å². The lowest BCUT2D eigenvalue weighted by Crippen LogP contribution is -2.70. The Morgan fingerprint density at radius 1 is 0.505 bits per heavy atom. The molecule has 99 heavy (non-hydrogen) atoms. The molecule has 34 nitrogen and oxygen atoms in total. The summed E-state index contributed by atoms with van der Waals surface area (Å²) in [5, 5.41) is 27.2. The lowest BCUT2D eigenvalue weighted by Gasteiger charge is -2.41. The quantitative estimate of drug-likeness (QED) is 0.0260. The Morgan fingerprint density at radius 3 is 1.66 bits per heavy atom. The molecule has 2 fully saturated rings. The van der Waals surface area contributed by atoms with Crippen molar-refractivity contribution in [3.05, 3.63) is 37.4 Å². The van der Waals surface area contributed by atoms with Crippen LogP contribution in [0.15, 0.2) is 37.4 Å². The molecule has 4 rings (SSSR count). The van der Waals surface area contributed by atoms with Crippen LogP contribution in [0.25, 0.3) is 0 Å². The van der Waals surface area contributed by atoms with E-state index in [1.54, 1.807) is 101 Å². The maximum absolute atomic E-state index is 14.9. The van der Waals surface area contributed by atoms with Crippen molar-refractivity contribution in [3.63, 3.8) is 0 Å². The highest BCUT2D eigenvalue weighted by Crippen LogP contribution is 2.20. The average Bonchev–Trinajstić information content (AvgIpc) is 1.39. The molecular formula is C65H118N22O12. The van der Waals surface area contributed by atoms with Gasteiger partial charge in [0.05, 0.1) is 12.7 Å². The fourth-order valence-electron chi connectivity index (χ4n) is 10.9. The first-order valence-corrected chi connectivity index (χ1v) is 34.9. The lowest BCUT2D eigenvalue weighted by molar-refractivity contribution is -0.132. The second kappa shape index (κ2) is 42.7. The van der Waals surface area contributed by atoms with Crippen LogP contribution in [0.3, 0.4) is 0 Å². The van der Waals surface area contributed by atoms with E-state index in [2.05, 4.69) is 73.6 Å². The molecule has 560 valence electrons. The number of hydrogen-bond donors (Lipinski definition) is 11. The third-order valence-corrected chi connectivity index (χ3v) is 16.1. The molecule has 34 heteroatoms. The van der Waals surface area contributed by atoms with E-state index in [0.717, 1.165) is 51.9 Å². The number of nitrogens with one attached hydrogen (secondary N) is 11. The summed E-state index contributed by atoms with van der Waals surface area (Å²) in [7, 11) is 11.2. The van der Waals surface area contributed by atoms with E-state index in [1.807, 2.05) is 38.0 Å². The van der Waals surface area contributed by atoms with Crippen molar-refractivity contribution < 1.29 is 57.4 Å². The topological polar surface area (TPSA) is 380 Å². The van der Waals surface area contributed by atoms with Crippen molar-refractivity contribution in [3.8, 4) is 0 Å². The van der Waals surface area contributed by atoms with Crippen molar-refractivity contribution in [2.24, 2.45) is 0 Å². The number of ether oxygens (including phenoxy) is 2. The molecule has 2 aliphatic heterocycles. The van der Waals surface area contributed by atoms with Gasteiger partial charge in [-0.1, -0.05) is 25.7 Å². The van der Waals surface area contributed by atoms with E-state index < -0.39 is 76.8 Å². The zero-order valence-electron chi connectivity index (χ0n) is 61.0. The first-order chi connectivity index (χ1) is 46.8. The van der Waals surface area contributed by atoms with Crippen molar-refractivity contribution in [2.45, 2.75) is 212 Å². The summed E-state index contributed by atoms with van der Waals surface area (Å²) in [5.41, 5.74) is 3.41. The molecule has 2 atom stereocenters. The molecule has 0 spiro atoms. The molecule has 2 saturated heterocycles. The maximum Gasteiger partial charge on any atom is 0.410 e. The largest absolute Gasteiger partial charge is 0.444 e. The van der Waals surface area contributed by atoms with E-state index in [-0.39, 0.29) is 89.7 Å². The van der Waals surface area contributed by atoms with Crippen LogP contribution in [0, 0.1) is 0 Å². The fraction of sp³-hybridized carbons (Fsp3) is 0.754. The van der Waals surface area contributed by atoms with Gasteiger partial charge in [0.25, 0.3) is 0 Å². The minimum atomic E-state index is -1.79. The fourth-order valence-corrected chi connectivity index (χ4v) is 10.9. The van der Waals surface area contributed by atoms with Crippen LogP contribution in [0.2, 0.25) is 0 Å². The van der Waals surface area contributed by atoms with Gasteiger partial charge in [0.15, 0.2) is 11.6 Å². The predicted molar refractivity (Wildman–Crippen MR) is 372 cm³/mol. The number of piperidine rings is 2. The second-order valence-corrected chi connectivity index (χ2v) is 28.1. The van der Waals surface area contributed by atoms with Gasteiger partial charge in [0.1, 0.15) is 17.7 Å². The van der Waals surface area contributed by atoms with Crippen molar-refractivity contribution in [1.29, 1.82) is 0 Å². The Balaban J connectivity index is 1.57. The molecule has 1 unspecified atom stereocenters. The number of urea groups is 4. The molecule has 4 heterocycles. The van der Waals surface area contributed by atoms with Crippen molar-refractivity contribution in [1.82, 2.24) is 113 Å². The summed E-state index contributed by atoms with van der Waals surface area (Å²) in [5.74, 6) is -5.02. The van der Waals surface area contributed by atoms with Crippen LogP contribution in [-0.4, -0.2) is 250 Å². The lowest BCUT2D eigenvalue weighted by atomic mass is 10.1. The van der Waals surface area contributed by atoms with Crippen molar-refractivity contribution >= 4 is 59.9 Å². The van der Waals surface area contributed by atoms with Crippen LogP contribution in [0.1, 0.15) is 170 Å². The maximum atomic E-state index is 14.9. The number of aryl methyl sites for hydroxylation is 1. The van der Waals surface area contributed by atoms with Gasteiger partial charge >= 0.3 is 36.3 Å². The first-order valence-electron chi connectivity index (χ1n) is 34.9. The van der Waals surface area contributed by atoms with Crippen LogP contribution >= 0.6 is 0 Å². The van der Waals surface area contributed by atoms with E-state index in [9.17, 15) is 47.9 Å². The Bertz CT molecular complexity index is 2780. The number of aromatic nitrogens is 4. The highest BCUT2D eigenvalue weighted by atomic mass is 16.6. The number of imidazole rings is 2. The molecule has 2 aromatic rings. The SMILES string of the molecule is CN(C)CCCCCC(=O)NN(C(=O)N1CCC(NC(=O)OC(C)(C)C)CC1)N(NC(=O)NCCCCCC(NC(=O)CCN1CCCCC1)(NC(=O)CCn1ccnc1)NC(=O)OC(C)(C)C)C(=O)NCCCCC[C@](NC(=O)Cn1ccnc1)(NC(=O)NCCCN(C)C)N(C)C. The van der Waals surface area contributed by atoms with Crippen LogP contribution in [-0.2, 0) is 41.7 Å². The first kappa shape index (κ1) is 83.2. The zero-order valence-corrected chi connectivity index (χ0v) is 61.0. The average molecular weight is 1400 g/mol. The number of alkyl carbamates (subject to hydrolysis) is 2. The van der Waals surface area contributed by atoms with Gasteiger partial charge < -0.3 is 80.7 Å². The highest BCUT2D eigenvalue weighted by molar-refractivity contribution is 5.86. The molecule has 14 amide bonds. The summed E-state index contributed by atoms with van der Waals surface area (Å²) >= 11 is 0. The van der Waals surface area contributed by atoms with Crippen LogP contribution < -0.4 is 58.7 Å². The number of rotatable bonds is 37. The summed E-state index contributed by atoms with van der Waals surface area (Å²) in [4.78, 5) is 156. The van der Waals surface area contributed by atoms with Gasteiger partial charge in [-0.25, -0.2) is 49.6 Å². The van der Waals surface area contributed by atoms with Gasteiger partial charge in [-0.15, -0.1) is 10.2 Å². The zero-order chi connectivity index (χ0) is 73.0. The van der Waals surface area contributed by atoms with Crippen molar-refractivity contribution in [2.75, 3.05) is 108 Å². The smallest absolute Gasteiger partial charge is 0.410 e. The summed E-state index contributed by atoms with van der Waals surface area (Å²) in [6.45, 7) is 14.8. The van der Waals surface area contributed by atoms with Gasteiger partial charge in [-0.05, 0) is 181 Å². The monoisotopic (exact) mass is 1400 g/mol. The van der Waals surface area contributed by atoms with Crippen LogP contribution in [0.4, 0.5) is 28.8 Å². The number of unbranched alkanes of at least 4 members (excludes halogenated alkanes) is 6. The molecular weight excluding hydrogens is 1280 g/mol. The Morgan fingerprint density at radius 2 is 1.06 bits per heavy atom. The highest BCUT2D eigenvalue weighted by Gasteiger charge is 2.40. The molecule has 0 saturated carbocycles. The normalized spacial score (nSPS) is 15.0. The summed E-state index contributed by atoms with van der Waals surface area (Å²) in [6, 6.07) is -3.64. The minimum Gasteiger partial charge on any atom is -0.444 e. The Kier molecular flexibility index (Phi) is 35.8. The molecule has 0 aliphatic carbocycles. The van der Waals surface area contributed by atoms with Gasteiger partial charge in [0.2, 0.25) is 23.6 Å². The van der Waals surface area contributed by atoms with E-state index in [0.29, 0.717) is 87.5 Å². The Hall–Kier alpha value is -8.24. The third-order valence-electron chi connectivity index (χ3n) is 16.1. The number of amides is 14. The van der Waals surface area contributed by atoms with E-state index in [1.165, 1.54) is 11.2 Å². The van der Waals surface area contributed by atoms with Gasteiger partial charge in [-0.3, -0.25) is 29.4 Å². The Labute approximate surface area is 584 Å². The minimum absolute atomic E-state index is 0.00179. The van der Waals surface area contributed by atoms with E-state index >= 15 is 0 Å². The number of hydrogen-bond acceptors (Lipinski definition) is 18. The second-order valence-electron chi connectivity index (χ2n) is 28.1. The molecule has 0 aromatic carbocycles. The summed E-state index contributed by atoms with van der Waals surface area (Å²) in [6.07, 6.45) is 17.0.